The first-order chi connectivity index (χ1) is 16.2. The van der Waals surface area contributed by atoms with E-state index in [-0.39, 0.29) is 11.6 Å². The number of thioether (sulfide) groups is 1. The number of carbonyl (C=O) groups excluding carboxylic acids is 1. The van der Waals surface area contributed by atoms with Gasteiger partial charge >= 0.3 is 0 Å². The van der Waals surface area contributed by atoms with Crippen LogP contribution in [0.1, 0.15) is 49.2 Å². The van der Waals surface area contributed by atoms with E-state index in [0.29, 0.717) is 11.7 Å². The summed E-state index contributed by atoms with van der Waals surface area (Å²) in [6.07, 6.45) is 5.32. The van der Waals surface area contributed by atoms with E-state index in [1.165, 1.54) is 17.8 Å². The predicted octanol–water partition coefficient (Wildman–Crippen LogP) is 6.25. The molecule has 0 N–H and O–H groups in total. The van der Waals surface area contributed by atoms with Crippen molar-refractivity contribution in [3.63, 3.8) is 0 Å². The Morgan fingerprint density at radius 1 is 1.18 bits per heavy atom. The fourth-order valence-electron chi connectivity index (χ4n) is 3.95. The van der Waals surface area contributed by atoms with E-state index in [0.717, 1.165) is 47.6 Å². The maximum atomic E-state index is 15.0. The van der Waals surface area contributed by atoms with Crippen LogP contribution in [0.2, 0.25) is 5.15 Å². The second-order valence-corrected chi connectivity index (χ2v) is 11.1. The third kappa shape index (κ3) is 5.88. The highest BCUT2D eigenvalue weighted by atomic mass is 35.5. The Morgan fingerprint density at radius 2 is 1.88 bits per heavy atom. The van der Waals surface area contributed by atoms with Gasteiger partial charge in [0.2, 0.25) is 5.91 Å². The number of rotatable bonds is 7. The molecule has 0 bridgehead atoms. The minimum Gasteiger partial charge on any atom is -0.342 e. The Balaban J connectivity index is 1.43. The number of nitrogens with zero attached hydrogens (tertiary/aromatic N) is 4. The summed E-state index contributed by atoms with van der Waals surface area (Å²) >= 11 is 7.38. The van der Waals surface area contributed by atoms with Gasteiger partial charge in [0.15, 0.2) is 5.83 Å². The molecule has 1 amide bonds. The Kier molecular flexibility index (Phi) is 7.43. The second kappa shape index (κ2) is 10.3. The van der Waals surface area contributed by atoms with Gasteiger partial charge in [0.25, 0.3) is 0 Å². The van der Waals surface area contributed by atoms with E-state index < -0.39 is 10.6 Å². The zero-order valence-corrected chi connectivity index (χ0v) is 21.2. The predicted molar refractivity (Wildman–Crippen MR) is 136 cm³/mol. The molecule has 3 heterocycles. The quantitative estimate of drug-likeness (QED) is 0.285. The van der Waals surface area contributed by atoms with Crippen LogP contribution in [0.15, 0.2) is 53.6 Å². The molecule has 1 aromatic carbocycles. The van der Waals surface area contributed by atoms with Crippen molar-refractivity contribution in [3.05, 3.63) is 76.3 Å². The van der Waals surface area contributed by atoms with Crippen LogP contribution in [0.5, 0.6) is 0 Å². The number of halogens is 2. The second-order valence-electron chi connectivity index (χ2n) is 8.99. The zero-order chi connectivity index (χ0) is 24.3. The smallest absolute Gasteiger partial charge is 0.238 e. The SMILES string of the molecule is Cc1cc(C(F)=Cc2ccc(SC(C)(C)C(=O)N3CCCC3)cc2)nn1Cc1ccc(Cl)nc1. The Morgan fingerprint density at radius 3 is 2.53 bits per heavy atom. The molecule has 1 fully saturated rings. The van der Waals surface area contributed by atoms with Crippen LogP contribution in [-0.2, 0) is 11.3 Å². The van der Waals surface area contributed by atoms with Gasteiger partial charge in [-0.05, 0) is 75.1 Å². The standard InChI is InChI=1S/C26H28ClFN4OS/c1-18-14-23(30-32(18)17-20-8-11-24(27)29-16-20)22(28)15-19-6-9-21(10-7-19)34-26(2,3)25(33)31-12-4-5-13-31/h6-11,14-16H,4-5,12-13,17H2,1-3H3. The molecule has 0 saturated carbocycles. The molecule has 5 nitrogen and oxygen atoms in total. The molecular weight excluding hydrogens is 471 g/mol. The van der Waals surface area contributed by atoms with Crippen LogP contribution < -0.4 is 0 Å². The van der Waals surface area contributed by atoms with Crippen molar-refractivity contribution in [2.24, 2.45) is 0 Å². The number of hydrogen-bond acceptors (Lipinski definition) is 4. The van der Waals surface area contributed by atoms with E-state index in [1.807, 2.05) is 56.0 Å². The number of likely N-dealkylation sites (tertiary alicyclic amines) is 1. The molecular formula is C26H28ClFN4OS. The van der Waals surface area contributed by atoms with Crippen LogP contribution in [0.25, 0.3) is 11.9 Å². The number of aromatic nitrogens is 3. The molecule has 1 saturated heterocycles. The number of aryl methyl sites for hydroxylation is 1. The van der Waals surface area contributed by atoms with Crippen LogP contribution >= 0.6 is 23.4 Å². The molecule has 0 aliphatic carbocycles. The molecule has 0 atom stereocenters. The lowest BCUT2D eigenvalue weighted by atomic mass is 10.2. The van der Waals surface area contributed by atoms with E-state index >= 15 is 0 Å². The summed E-state index contributed by atoms with van der Waals surface area (Å²) in [7, 11) is 0. The average Bonchev–Trinajstić information content (AvgIpc) is 3.46. The average molecular weight is 499 g/mol. The summed E-state index contributed by atoms with van der Waals surface area (Å²) < 4.78 is 16.2. The zero-order valence-electron chi connectivity index (χ0n) is 19.6. The van der Waals surface area contributed by atoms with Crippen LogP contribution in [0, 0.1) is 6.92 Å². The Hall–Kier alpha value is -2.64. The minimum absolute atomic E-state index is 0.172. The first-order valence-corrected chi connectivity index (χ1v) is 12.5. The van der Waals surface area contributed by atoms with Gasteiger partial charge in [0, 0.05) is 29.9 Å². The first-order valence-electron chi connectivity index (χ1n) is 11.3. The van der Waals surface area contributed by atoms with Gasteiger partial charge in [-0.1, -0.05) is 29.8 Å². The van der Waals surface area contributed by atoms with Crippen LogP contribution in [0.3, 0.4) is 0 Å². The van der Waals surface area contributed by atoms with E-state index in [2.05, 4.69) is 10.1 Å². The molecule has 2 aromatic heterocycles. The molecule has 8 heteroatoms. The van der Waals surface area contributed by atoms with Crippen LogP contribution in [0.4, 0.5) is 4.39 Å². The normalized spacial score (nSPS) is 14.6. The van der Waals surface area contributed by atoms with Crippen molar-refractivity contribution in [2.45, 2.75) is 49.8 Å². The van der Waals surface area contributed by atoms with Gasteiger partial charge in [-0.15, -0.1) is 11.8 Å². The van der Waals surface area contributed by atoms with Crippen molar-refractivity contribution >= 4 is 41.2 Å². The summed E-state index contributed by atoms with van der Waals surface area (Å²) in [5.74, 6) is -0.230. The Labute approximate surface area is 209 Å². The topological polar surface area (TPSA) is 51.0 Å². The monoisotopic (exact) mass is 498 g/mol. The highest BCUT2D eigenvalue weighted by Crippen LogP contribution is 2.35. The van der Waals surface area contributed by atoms with Crippen molar-refractivity contribution in [3.8, 4) is 0 Å². The van der Waals surface area contributed by atoms with Crippen molar-refractivity contribution in [1.82, 2.24) is 19.7 Å². The summed E-state index contributed by atoms with van der Waals surface area (Å²) in [6.45, 7) is 8.00. The largest absolute Gasteiger partial charge is 0.342 e. The first kappa shape index (κ1) is 24.5. The van der Waals surface area contributed by atoms with Gasteiger partial charge in [-0.2, -0.15) is 5.10 Å². The maximum absolute atomic E-state index is 15.0. The van der Waals surface area contributed by atoms with Crippen LogP contribution in [-0.4, -0.2) is 43.4 Å². The lowest BCUT2D eigenvalue weighted by Gasteiger charge is -2.28. The molecule has 1 aliphatic heterocycles. The fraction of sp³-hybridized carbons (Fsp3) is 0.346. The Bertz CT molecular complexity index is 1180. The number of hydrogen-bond donors (Lipinski definition) is 0. The molecule has 3 aromatic rings. The lowest BCUT2D eigenvalue weighted by Crippen LogP contribution is -2.41. The van der Waals surface area contributed by atoms with Crippen molar-refractivity contribution < 1.29 is 9.18 Å². The third-order valence-corrected chi connectivity index (χ3v) is 7.22. The fourth-order valence-corrected chi connectivity index (χ4v) is 5.14. The summed E-state index contributed by atoms with van der Waals surface area (Å²) in [6, 6.07) is 12.9. The summed E-state index contributed by atoms with van der Waals surface area (Å²) in [5, 5.41) is 4.85. The number of pyridine rings is 1. The highest BCUT2D eigenvalue weighted by molar-refractivity contribution is 8.01. The maximum Gasteiger partial charge on any atom is 0.238 e. The lowest BCUT2D eigenvalue weighted by molar-refractivity contribution is -0.131. The summed E-state index contributed by atoms with van der Waals surface area (Å²) in [4.78, 5) is 19.8. The van der Waals surface area contributed by atoms with E-state index in [9.17, 15) is 9.18 Å². The highest BCUT2D eigenvalue weighted by Gasteiger charge is 2.34. The van der Waals surface area contributed by atoms with Gasteiger partial charge in [-0.25, -0.2) is 9.37 Å². The van der Waals surface area contributed by atoms with Gasteiger partial charge in [-0.3, -0.25) is 9.48 Å². The molecule has 0 radical (unpaired) electrons. The molecule has 1 aliphatic rings. The summed E-state index contributed by atoms with van der Waals surface area (Å²) in [5.41, 5.74) is 2.81. The van der Waals surface area contributed by atoms with E-state index in [1.54, 1.807) is 23.0 Å². The van der Waals surface area contributed by atoms with Gasteiger partial charge in [0.05, 0.1) is 11.3 Å². The number of amides is 1. The number of benzene rings is 1. The molecule has 34 heavy (non-hydrogen) atoms. The van der Waals surface area contributed by atoms with E-state index in [4.69, 9.17) is 11.6 Å². The minimum atomic E-state index is -0.545. The molecule has 4 rings (SSSR count). The van der Waals surface area contributed by atoms with Crippen molar-refractivity contribution in [1.29, 1.82) is 0 Å². The molecule has 178 valence electrons. The molecule has 0 spiro atoms. The number of carbonyl (C=O) groups is 1. The third-order valence-electron chi connectivity index (χ3n) is 5.80. The van der Waals surface area contributed by atoms with Gasteiger partial charge < -0.3 is 4.90 Å². The van der Waals surface area contributed by atoms with Crippen molar-refractivity contribution in [2.75, 3.05) is 13.1 Å². The molecule has 0 unspecified atom stereocenters. The van der Waals surface area contributed by atoms with Gasteiger partial charge in [0.1, 0.15) is 10.8 Å².